The highest BCUT2D eigenvalue weighted by atomic mass is 15.3. The summed E-state index contributed by atoms with van der Waals surface area (Å²) in [5, 5.41) is 4.70. The van der Waals surface area contributed by atoms with E-state index < -0.39 is 0 Å². The normalized spacial score (nSPS) is 12.0. The smallest absolute Gasteiger partial charge is 0.235 e. The second kappa shape index (κ2) is 12.1. The molecule has 0 bridgehead atoms. The van der Waals surface area contributed by atoms with E-state index in [0.717, 1.165) is 67.4 Å². The van der Waals surface area contributed by atoms with E-state index in [9.17, 15) is 0 Å². The quantitative estimate of drug-likeness (QED) is 0.180. The second-order valence-electron chi connectivity index (χ2n) is 13.7. The van der Waals surface area contributed by atoms with Gasteiger partial charge in [0, 0.05) is 50.3 Å². The number of anilines is 3. The molecule has 5 heteroatoms. The fourth-order valence-electron chi connectivity index (χ4n) is 8.13. The van der Waals surface area contributed by atoms with Gasteiger partial charge in [-0.15, -0.1) is 0 Å². The topological polar surface area (TPSA) is 46.8 Å². The number of benzene rings is 7. The van der Waals surface area contributed by atoms with Crippen LogP contribution in [-0.4, -0.2) is 19.5 Å². The Labute approximate surface area is 312 Å². The lowest BCUT2D eigenvalue weighted by molar-refractivity contribution is 1.09. The van der Waals surface area contributed by atoms with E-state index in [1.807, 2.05) is 30.5 Å². The van der Waals surface area contributed by atoms with Gasteiger partial charge in [-0.2, -0.15) is 0 Å². The first-order chi connectivity index (χ1) is 26.8. The van der Waals surface area contributed by atoms with Crippen molar-refractivity contribution in [3.8, 4) is 50.6 Å². The molecule has 0 N–H and O–H groups in total. The number of pyridine rings is 1. The largest absolute Gasteiger partial charge is 0.309 e. The van der Waals surface area contributed by atoms with E-state index in [2.05, 4.69) is 167 Å². The van der Waals surface area contributed by atoms with Crippen LogP contribution < -0.4 is 4.90 Å². The lowest BCUT2D eigenvalue weighted by Crippen LogP contribution is -2.18. The van der Waals surface area contributed by atoms with Gasteiger partial charge in [-0.25, -0.2) is 9.97 Å². The summed E-state index contributed by atoms with van der Waals surface area (Å²) in [5.74, 6) is 0.623. The third-order valence-electron chi connectivity index (χ3n) is 10.6. The Balaban J connectivity index is 1.25. The zero-order valence-corrected chi connectivity index (χ0v) is 29.1. The van der Waals surface area contributed by atoms with Gasteiger partial charge in [0.05, 0.1) is 39.5 Å². The molecular formula is C49H31N5. The molecule has 1 aliphatic heterocycles. The highest BCUT2D eigenvalue weighted by Gasteiger charge is 2.30. The summed E-state index contributed by atoms with van der Waals surface area (Å²) < 4.78 is 2.38. The molecule has 7 aromatic carbocycles. The summed E-state index contributed by atoms with van der Waals surface area (Å²) in [4.78, 5) is 17.7. The number of nitrogens with zero attached hydrogens (tertiary/aromatic N) is 5. The van der Waals surface area contributed by atoms with Crippen LogP contribution in [0.25, 0.3) is 83.2 Å². The van der Waals surface area contributed by atoms with Gasteiger partial charge in [0.2, 0.25) is 5.95 Å². The Hall–Kier alpha value is -7.37. The number of para-hydroxylation sites is 1. The fourth-order valence-corrected chi connectivity index (χ4v) is 8.13. The number of rotatable bonds is 5. The van der Waals surface area contributed by atoms with Crippen molar-refractivity contribution in [2.45, 2.75) is 0 Å². The Morgan fingerprint density at radius 3 is 1.78 bits per heavy atom. The molecule has 0 saturated carbocycles. The van der Waals surface area contributed by atoms with Gasteiger partial charge in [0.15, 0.2) is 0 Å². The SMILES string of the molecule is c1ccc(-c2cc(-c3ccccc3)nc(N3c4cc5c(cc4-c4cccc6cccc3c46)c3cc(-c4ccccn4)ccc3n5-c3ccccc3)n2)cc1. The van der Waals surface area contributed by atoms with Crippen molar-refractivity contribution in [2.24, 2.45) is 0 Å². The lowest BCUT2D eigenvalue weighted by atomic mass is 9.90. The van der Waals surface area contributed by atoms with Gasteiger partial charge in [-0.1, -0.05) is 121 Å². The molecule has 5 nitrogen and oxygen atoms in total. The lowest BCUT2D eigenvalue weighted by Gasteiger charge is -2.32. The zero-order valence-electron chi connectivity index (χ0n) is 29.1. The number of fused-ring (bicyclic) bond motifs is 5. The molecule has 54 heavy (non-hydrogen) atoms. The minimum Gasteiger partial charge on any atom is -0.309 e. The van der Waals surface area contributed by atoms with Gasteiger partial charge in [0.1, 0.15) is 0 Å². The maximum Gasteiger partial charge on any atom is 0.235 e. The van der Waals surface area contributed by atoms with E-state index in [4.69, 9.17) is 15.0 Å². The molecule has 1 aliphatic rings. The van der Waals surface area contributed by atoms with Crippen LogP contribution in [0.2, 0.25) is 0 Å². The minimum atomic E-state index is 0.623. The Kier molecular flexibility index (Phi) is 6.79. The van der Waals surface area contributed by atoms with Crippen LogP contribution in [0.5, 0.6) is 0 Å². The predicted octanol–water partition coefficient (Wildman–Crippen LogP) is 12.6. The molecule has 0 saturated heterocycles. The molecule has 0 spiro atoms. The Morgan fingerprint density at radius 2 is 1.07 bits per heavy atom. The van der Waals surface area contributed by atoms with Gasteiger partial charge < -0.3 is 4.57 Å². The summed E-state index contributed by atoms with van der Waals surface area (Å²) in [5.41, 5.74) is 13.6. The third kappa shape index (κ3) is 4.76. The summed E-state index contributed by atoms with van der Waals surface area (Å²) >= 11 is 0. The van der Waals surface area contributed by atoms with Crippen molar-refractivity contribution in [1.82, 2.24) is 19.5 Å². The monoisotopic (exact) mass is 689 g/mol. The number of aromatic nitrogens is 4. The van der Waals surface area contributed by atoms with Crippen LogP contribution in [0, 0.1) is 0 Å². The molecule has 252 valence electrons. The first-order valence-electron chi connectivity index (χ1n) is 18.2. The summed E-state index contributed by atoms with van der Waals surface area (Å²) in [6.07, 6.45) is 1.86. The number of hydrogen-bond donors (Lipinski definition) is 0. The Bertz CT molecular complexity index is 2970. The molecule has 0 radical (unpaired) electrons. The summed E-state index contributed by atoms with van der Waals surface area (Å²) in [7, 11) is 0. The fraction of sp³-hybridized carbons (Fsp3) is 0. The number of hydrogen-bond acceptors (Lipinski definition) is 4. The van der Waals surface area contributed by atoms with Crippen molar-refractivity contribution < 1.29 is 0 Å². The molecule has 3 aromatic heterocycles. The van der Waals surface area contributed by atoms with Crippen LogP contribution in [-0.2, 0) is 0 Å². The zero-order chi connectivity index (χ0) is 35.6. The van der Waals surface area contributed by atoms with Crippen molar-refractivity contribution in [2.75, 3.05) is 4.90 Å². The predicted molar refractivity (Wildman–Crippen MR) is 222 cm³/mol. The summed E-state index contributed by atoms with van der Waals surface area (Å²) in [6.45, 7) is 0. The second-order valence-corrected chi connectivity index (χ2v) is 13.7. The van der Waals surface area contributed by atoms with Gasteiger partial charge in [-0.3, -0.25) is 9.88 Å². The Morgan fingerprint density at radius 1 is 0.407 bits per heavy atom. The van der Waals surface area contributed by atoms with E-state index >= 15 is 0 Å². The van der Waals surface area contributed by atoms with E-state index in [1.165, 1.54) is 27.1 Å². The summed E-state index contributed by atoms with van der Waals surface area (Å²) in [6, 6.07) is 64.1. The minimum absolute atomic E-state index is 0.623. The molecule has 11 rings (SSSR count). The standard InChI is InChI=1S/C49H31N5/c1-4-14-32(15-5-1)42-30-43(33-16-6-2-7-17-33)52-49(51-42)54-45-24-13-19-34-18-12-22-37(48(34)45)39-29-40-38-28-35(41-23-10-11-27-50-41)25-26-44(38)53(46(40)31-47(39)54)36-20-8-3-9-21-36/h1-31H. The molecule has 0 atom stereocenters. The average Bonchev–Trinajstić information content (AvgIpc) is 3.57. The molecule has 0 aliphatic carbocycles. The maximum atomic E-state index is 5.36. The highest BCUT2D eigenvalue weighted by Crippen LogP contribution is 2.52. The van der Waals surface area contributed by atoms with Crippen molar-refractivity contribution >= 4 is 49.9 Å². The molecule has 4 heterocycles. The van der Waals surface area contributed by atoms with Crippen molar-refractivity contribution in [3.63, 3.8) is 0 Å². The highest BCUT2D eigenvalue weighted by molar-refractivity contribution is 6.19. The molecular weight excluding hydrogens is 659 g/mol. The molecule has 0 unspecified atom stereocenters. The van der Waals surface area contributed by atoms with E-state index in [0.29, 0.717) is 5.95 Å². The van der Waals surface area contributed by atoms with Crippen molar-refractivity contribution in [1.29, 1.82) is 0 Å². The maximum absolute atomic E-state index is 5.36. The van der Waals surface area contributed by atoms with Crippen LogP contribution >= 0.6 is 0 Å². The first kappa shape index (κ1) is 30.3. The molecule has 0 amide bonds. The van der Waals surface area contributed by atoms with Crippen LogP contribution in [0.3, 0.4) is 0 Å². The molecule has 10 aromatic rings. The average molecular weight is 690 g/mol. The molecule has 0 fully saturated rings. The van der Waals surface area contributed by atoms with Gasteiger partial charge in [0.25, 0.3) is 0 Å². The van der Waals surface area contributed by atoms with Gasteiger partial charge in [-0.05, 0) is 71.6 Å². The third-order valence-corrected chi connectivity index (χ3v) is 10.6. The van der Waals surface area contributed by atoms with Crippen LogP contribution in [0.1, 0.15) is 0 Å². The van der Waals surface area contributed by atoms with E-state index in [1.54, 1.807) is 0 Å². The van der Waals surface area contributed by atoms with Crippen LogP contribution in [0.4, 0.5) is 17.3 Å². The van der Waals surface area contributed by atoms with Crippen LogP contribution in [0.15, 0.2) is 188 Å². The first-order valence-corrected chi connectivity index (χ1v) is 18.2. The van der Waals surface area contributed by atoms with Gasteiger partial charge >= 0.3 is 0 Å². The van der Waals surface area contributed by atoms with Crippen molar-refractivity contribution in [3.05, 3.63) is 188 Å². The van der Waals surface area contributed by atoms with E-state index in [-0.39, 0.29) is 0 Å².